The molecule has 1 aliphatic rings. The van der Waals surface area contributed by atoms with Gasteiger partial charge < -0.3 is 33.9 Å². The lowest BCUT2D eigenvalue weighted by molar-refractivity contribution is -0.145. The van der Waals surface area contributed by atoms with E-state index in [1.54, 1.807) is 66.6 Å². The van der Waals surface area contributed by atoms with E-state index in [4.69, 9.17) is 23.7 Å². The number of amides is 1. The molecular formula is C38H50N6O9S. The highest BCUT2D eigenvalue weighted by molar-refractivity contribution is 7.90. The molecule has 54 heavy (non-hydrogen) atoms. The van der Waals surface area contributed by atoms with Crippen molar-refractivity contribution in [3.63, 3.8) is 0 Å². The molecule has 15 nitrogen and oxygen atoms in total. The Labute approximate surface area is 316 Å². The molecule has 1 N–H and O–H groups in total. The molecule has 1 unspecified atom stereocenters. The van der Waals surface area contributed by atoms with Crippen molar-refractivity contribution in [2.24, 2.45) is 0 Å². The van der Waals surface area contributed by atoms with E-state index in [-0.39, 0.29) is 29.8 Å². The number of likely N-dealkylation sites (N-methyl/N-ethyl adjacent to an activating group) is 1. The smallest absolute Gasteiger partial charge is 0.412 e. The van der Waals surface area contributed by atoms with Crippen molar-refractivity contribution in [2.75, 3.05) is 52.4 Å². The zero-order valence-corrected chi connectivity index (χ0v) is 32.9. The Hall–Kier alpha value is -4.93. The molecule has 16 heteroatoms. The Kier molecular flexibility index (Phi) is 12.4. The Balaban J connectivity index is 1.41. The molecule has 1 atom stereocenters. The van der Waals surface area contributed by atoms with Gasteiger partial charge in [-0.15, -0.1) is 0 Å². The second-order valence-electron chi connectivity index (χ2n) is 14.4. The first-order valence-corrected chi connectivity index (χ1v) is 19.2. The molecule has 0 aliphatic carbocycles. The van der Waals surface area contributed by atoms with Gasteiger partial charge in [-0.1, -0.05) is 18.2 Å². The van der Waals surface area contributed by atoms with Crippen molar-refractivity contribution in [3.05, 3.63) is 66.6 Å². The number of nitrogens with zero attached hydrogens (tertiary/aromatic N) is 5. The van der Waals surface area contributed by atoms with E-state index >= 15 is 0 Å². The van der Waals surface area contributed by atoms with Crippen LogP contribution in [-0.2, 0) is 35.4 Å². The van der Waals surface area contributed by atoms with Crippen LogP contribution in [0.15, 0.2) is 66.0 Å². The van der Waals surface area contributed by atoms with Crippen LogP contribution in [0, 0.1) is 0 Å². The molecule has 4 aromatic rings. The molecule has 1 saturated heterocycles. The Morgan fingerprint density at radius 1 is 1.09 bits per heavy atom. The number of esters is 1. The van der Waals surface area contributed by atoms with Crippen LogP contribution in [0.5, 0.6) is 11.5 Å². The van der Waals surface area contributed by atoms with Gasteiger partial charge in [-0.2, -0.15) is 0 Å². The molecule has 2 aromatic heterocycles. The van der Waals surface area contributed by atoms with Gasteiger partial charge in [0.05, 0.1) is 36.6 Å². The largest absolute Gasteiger partial charge is 0.493 e. The lowest BCUT2D eigenvalue weighted by Crippen LogP contribution is -2.52. The van der Waals surface area contributed by atoms with Crippen LogP contribution in [0.3, 0.4) is 0 Å². The van der Waals surface area contributed by atoms with Gasteiger partial charge in [0, 0.05) is 24.5 Å². The summed E-state index contributed by atoms with van der Waals surface area (Å²) >= 11 is 0. The molecule has 1 amide bonds. The molecule has 3 heterocycles. The molecule has 0 spiro atoms. The normalized spacial score (nSPS) is 15.7. The number of benzene rings is 2. The van der Waals surface area contributed by atoms with Gasteiger partial charge in [-0.05, 0) is 97.8 Å². The summed E-state index contributed by atoms with van der Waals surface area (Å²) in [4.78, 5) is 38.0. The fourth-order valence-electron chi connectivity index (χ4n) is 6.31. The Morgan fingerprint density at radius 3 is 2.52 bits per heavy atom. The average Bonchev–Trinajstić information content (AvgIpc) is 3.64. The van der Waals surface area contributed by atoms with E-state index in [9.17, 15) is 18.0 Å². The summed E-state index contributed by atoms with van der Waals surface area (Å²) in [6, 6.07) is 13.1. The standard InChI is InChI=1S/C38H50N6O9S/c1-9-50-32(45)24-51-31-20-27(17-18-30(31)49-8)41-34-33-26(21-43(35(33)40-25-39-34)54(47,48)29-15-11-10-12-16-29)14-13-19-42(7)22-28-23-52-38(5,6)44(28)36(46)53-37(2,3)4/h10-12,15-18,20-21,25,28H,9,13-14,19,22-24H2,1-8H3,(H,39,40,41). The molecule has 292 valence electrons. The van der Waals surface area contributed by atoms with Gasteiger partial charge in [-0.25, -0.2) is 31.9 Å². The van der Waals surface area contributed by atoms with Crippen LogP contribution >= 0.6 is 0 Å². The number of methoxy groups -OCH3 is 1. The summed E-state index contributed by atoms with van der Waals surface area (Å²) in [7, 11) is -0.553. The first-order valence-electron chi connectivity index (χ1n) is 17.8. The number of hydrogen-bond donors (Lipinski definition) is 1. The number of rotatable bonds is 15. The van der Waals surface area contributed by atoms with E-state index in [1.165, 1.54) is 17.4 Å². The van der Waals surface area contributed by atoms with E-state index in [1.807, 2.05) is 41.7 Å². The molecular weight excluding hydrogens is 717 g/mol. The Morgan fingerprint density at radius 2 is 1.83 bits per heavy atom. The SMILES string of the molecule is CCOC(=O)COc1cc(Nc2ncnc3c2c(CCCN(C)CC2COC(C)(C)N2C(=O)OC(C)(C)C)cn3S(=O)(=O)c2ccccc2)ccc1OC. The molecule has 1 aliphatic heterocycles. The number of carbonyl (C=O) groups excluding carboxylic acids is 2. The summed E-state index contributed by atoms with van der Waals surface area (Å²) in [5, 5.41) is 3.83. The van der Waals surface area contributed by atoms with Crippen molar-refractivity contribution in [1.82, 2.24) is 23.7 Å². The van der Waals surface area contributed by atoms with Crippen molar-refractivity contribution in [3.8, 4) is 11.5 Å². The molecule has 0 bridgehead atoms. The minimum Gasteiger partial charge on any atom is -0.493 e. The highest BCUT2D eigenvalue weighted by Gasteiger charge is 2.46. The van der Waals surface area contributed by atoms with Crippen LogP contribution in [0.25, 0.3) is 11.0 Å². The minimum atomic E-state index is -4.02. The van der Waals surface area contributed by atoms with Gasteiger partial charge in [0.25, 0.3) is 10.0 Å². The molecule has 1 fully saturated rings. The Bertz CT molecular complexity index is 2050. The van der Waals surface area contributed by atoms with Gasteiger partial charge in [0.15, 0.2) is 23.8 Å². The molecule has 2 aromatic carbocycles. The maximum atomic E-state index is 14.0. The van der Waals surface area contributed by atoms with E-state index in [0.29, 0.717) is 66.5 Å². The zero-order valence-electron chi connectivity index (χ0n) is 32.1. The predicted molar refractivity (Wildman–Crippen MR) is 203 cm³/mol. The molecule has 0 radical (unpaired) electrons. The summed E-state index contributed by atoms with van der Waals surface area (Å²) in [6.07, 6.45) is 3.62. The number of aromatic nitrogens is 3. The maximum absolute atomic E-state index is 14.0. The number of aryl methyl sites for hydroxylation is 1. The van der Waals surface area contributed by atoms with Crippen molar-refractivity contribution in [2.45, 2.75) is 76.6 Å². The first kappa shape index (κ1) is 40.3. The third-order valence-corrected chi connectivity index (χ3v) is 10.3. The van der Waals surface area contributed by atoms with E-state index in [0.717, 1.165) is 0 Å². The maximum Gasteiger partial charge on any atom is 0.412 e. The predicted octanol–water partition coefficient (Wildman–Crippen LogP) is 5.60. The number of ether oxygens (including phenoxy) is 5. The van der Waals surface area contributed by atoms with Crippen molar-refractivity contribution >= 4 is 44.6 Å². The topological polar surface area (TPSA) is 164 Å². The van der Waals surface area contributed by atoms with Crippen LogP contribution in [-0.4, -0.2) is 109 Å². The number of nitrogens with one attached hydrogen (secondary N) is 1. The highest BCUT2D eigenvalue weighted by atomic mass is 32.2. The highest BCUT2D eigenvalue weighted by Crippen LogP contribution is 2.35. The average molecular weight is 767 g/mol. The van der Waals surface area contributed by atoms with Crippen LogP contribution in [0.1, 0.15) is 53.5 Å². The van der Waals surface area contributed by atoms with Gasteiger partial charge >= 0.3 is 12.1 Å². The number of carbonyl (C=O) groups is 2. The van der Waals surface area contributed by atoms with Crippen molar-refractivity contribution < 1.29 is 41.7 Å². The number of anilines is 2. The zero-order chi connectivity index (χ0) is 39.3. The fourth-order valence-corrected chi connectivity index (χ4v) is 7.67. The van der Waals surface area contributed by atoms with Crippen LogP contribution < -0.4 is 14.8 Å². The first-order chi connectivity index (χ1) is 25.5. The third kappa shape index (κ3) is 9.40. The minimum absolute atomic E-state index is 0.121. The van der Waals surface area contributed by atoms with Crippen molar-refractivity contribution in [1.29, 1.82) is 0 Å². The number of fused-ring (bicyclic) bond motifs is 1. The monoisotopic (exact) mass is 766 g/mol. The fraction of sp³-hybridized carbons (Fsp3) is 0.474. The summed E-state index contributed by atoms with van der Waals surface area (Å²) < 4.78 is 57.0. The third-order valence-electron chi connectivity index (χ3n) is 8.68. The quantitative estimate of drug-likeness (QED) is 0.149. The second kappa shape index (κ2) is 16.6. The summed E-state index contributed by atoms with van der Waals surface area (Å²) in [5.74, 6) is 0.567. The molecule has 5 rings (SSSR count). The number of hydrogen-bond acceptors (Lipinski definition) is 13. The lowest BCUT2D eigenvalue weighted by atomic mass is 10.1. The molecule has 0 saturated carbocycles. The van der Waals surface area contributed by atoms with Gasteiger partial charge in [0.1, 0.15) is 23.5 Å². The lowest BCUT2D eigenvalue weighted by Gasteiger charge is -2.36. The summed E-state index contributed by atoms with van der Waals surface area (Å²) in [5.41, 5.74) is 0.0142. The van der Waals surface area contributed by atoms with E-state index in [2.05, 4.69) is 20.2 Å². The van der Waals surface area contributed by atoms with E-state index < -0.39 is 33.4 Å². The van der Waals surface area contributed by atoms with Gasteiger partial charge in [0.2, 0.25) is 0 Å². The summed E-state index contributed by atoms with van der Waals surface area (Å²) in [6.45, 7) is 12.4. The van der Waals surface area contributed by atoms with Crippen LogP contribution in [0.4, 0.5) is 16.3 Å². The van der Waals surface area contributed by atoms with Gasteiger partial charge in [-0.3, -0.25) is 4.90 Å². The van der Waals surface area contributed by atoms with Crippen LogP contribution in [0.2, 0.25) is 0 Å². The second-order valence-corrected chi connectivity index (χ2v) is 16.2.